The maximum atomic E-state index is 12.7. The molecule has 0 aromatic carbocycles. The largest absolute Gasteiger partial charge is 0.344 e. The SMILES string of the molecule is CC(C)CC1NC(=O)CCN(CC2CCC(C)CC2)C1=O. The zero-order valence-electron chi connectivity index (χ0n) is 13.7. The van der Waals surface area contributed by atoms with Crippen LogP contribution in [0, 0.1) is 17.8 Å². The van der Waals surface area contributed by atoms with Crippen LogP contribution in [0.2, 0.25) is 0 Å². The summed E-state index contributed by atoms with van der Waals surface area (Å²) in [6, 6.07) is -0.317. The van der Waals surface area contributed by atoms with Crippen molar-refractivity contribution in [1.29, 1.82) is 0 Å². The molecule has 1 saturated carbocycles. The minimum atomic E-state index is -0.317. The highest BCUT2D eigenvalue weighted by Gasteiger charge is 2.32. The molecular formula is C17H30N2O2. The molecule has 1 aliphatic heterocycles. The Balaban J connectivity index is 1.96. The Kier molecular flexibility index (Phi) is 5.65. The smallest absolute Gasteiger partial charge is 0.245 e. The molecule has 2 rings (SSSR count). The molecule has 1 heterocycles. The summed E-state index contributed by atoms with van der Waals surface area (Å²) in [6.07, 6.45) is 6.19. The number of nitrogens with one attached hydrogen (secondary N) is 1. The first-order valence-electron chi connectivity index (χ1n) is 8.54. The van der Waals surface area contributed by atoms with Gasteiger partial charge in [-0.25, -0.2) is 0 Å². The maximum absolute atomic E-state index is 12.7. The fourth-order valence-corrected chi connectivity index (χ4v) is 3.53. The first-order chi connectivity index (χ1) is 9.95. The van der Waals surface area contributed by atoms with Crippen molar-refractivity contribution in [2.45, 2.75) is 65.3 Å². The lowest BCUT2D eigenvalue weighted by Gasteiger charge is -2.32. The van der Waals surface area contributed by atoms with E-state index in [1.165, 1.54) is 25.7 Å². The van der Waals surface area contributed by atoms with Gasteiger partial charge in [0.25, 0.3) is 0 Å². The minimum absolute atomic E-state index is 0.0220. The molecule has 2 aliphatic rings. The second kappa shape index (κ2) is 7.28. The number of carbonyl (C=O) groups is 2. The zero-order valence-corrected chi connectivity index (χ0v) is 13.7. The van der Waals surface area contributed by atoms with Crippen molar-refractivity contribution >= 4 is 11.8 Å². The van der Waals surface area contributed by atoms with E-state index >= 15 is 0 Å². The first-order valence-corrected chi connectivity index (χ1v) is 8.54. The van der Waals surface area contributed by atoms with Crippen LogP contribution < -0.4 is 5.32 Å². The molecule has 0 aromatic rings. The van der Waals surface area contributed by atoms with Gasteiger partial charge < -0.3 is 10.2 Å². The second-order valence-electron chi connectivity index (χ2n) is 7.41. The minimum Gasteiger partial charge on any atom is -0.344 e. The van der Waals surface area contributed by atoms with Crippen molar-refractivity contribution in [2.75, 3.05) is 13.1 Å². The normalized spacial score (nSPS) is 31.2. The lowest BCUT2D eigenvalue weighted by atomic mass is 9.82. The molecule has 0 bridgehead atoms. The van der Waals surface area contributed by atoms with Gasteiger partial charge in [0.15, 0.2) is 0 Å². The van der Waals surface area contributed by atoms with Gasteiger partial charge in [-0.15, -0.1) is 0 Å². The third kappa shape index (κ3) is 4.72. The van der Waals surface area contributed by atoms with E-state index in [1.54, 1.807) is 0 Å². The van der Waals surface area contributed by atoms with Gasteiger partial charge in [-0.2, -0.15) is 0 Å². The third-order valence-electron chi connectivity index (χ3n) is 4.87. The Morgan fingerprint density at radius 1 is 1.19 bits per heavy atom. The molecule has 2 fully saturated rings. The zero-order chi connectivity index (χ0) is 15.4. The third-order valence-corrected chi connectivity index (χ3v) is 4.87. The predicted octanol–water partition coefficient (Wildman–Crippen LogP) is 2.58. The van der Waals surface area contributed by atoms with E-state index in [0.717, 1.165) is 18.9 Å². The molecule has 0 spiro atoms. The molecule has 1 saturated heterocycles. The van der Waals surface area contributed by atoms with E-state index in [-0.39, 0.29) is 17.9 Å². The topological polar surface area (TPSA) is 49.4 Å². The molecule has 4 nitrogen and oxygen atoms in total. The van der Waals surface area contributed by atoms with E-state index < -0.39 is 0 Å². The van der Waals surface area contributed by atoms with Crippen LogP contribution in [-0.2, 0) is 9.59 Å². The fraction of sp³-hybridized carbons (Fsp3) is 0.882. The summed E-state index contributed by atoms with van der Waals surface area (Å²) in [5.41, 5.74) is 0. The molecule has 1 N–H and O–H groups in total. The highest BCUT2D eigenvalue weighted by molar-refractivity contribution is 5.89. The number of hydrogen-bond donors (Lipinski definition) is 1. The highest BCUT2D eigenvalue weighted by Crippen LogP contribution is 2.29. The molecule has 0 aromatic heterocycles. The monoisotopic (exact) mass is 294 g/mol. The average Bonchev–Trinajstić information content (AvgIpc) is 2.54. The molecule has 21 heavy (non-hydrogen) atoms. The Labute approximate surface area is 128 Å². The van der Waals surface area contributed by atoms with Crippen LogP contribution in [0.5, 0.6) is 0 Å². The number of amides is 2. The molecule has 4 heteroatoms. The maximum Gasteiger partial charge on any atom is 0.245 e. The molecule has 1 aliphatic carbocycles. The Bertz CT molecular complexity index is 373. The molecule has 1 atom stereocenters. The van der Waals surface area contributed by atoms with Gasteiger partial charge in [0.2, 0.25) is 11.8 Å². The van der Waals surface area contributed by atoms with Crippen LogP contribution in [0.3, 0.4) is 0 Å². The standard InChI is InChI=1S/C17H30N2O2/c1-12(2)10-15-17(21)19(9-8-16(20)18-15)11-14-6-4-13(3)5-7-14/h12-15H,4-11H2,1-3H3,(H,18,20). The molecular weight excluding hydrogens is 264 g/mol. The van der Waals surface area contributed by atoms with Crippen molar-refractivity contribution in [2.24, 2.45) is 17.8 Å². The molecule has 0 radical (unpaired) electrons. The van der Waals surface area contributed by atoms with E-state index in [2.05, 4.69) is 26.1 Å². The van der Waals surface area contributed by atoms with E-state index in [0.29, 0.717) is 24.8 Å². The van der Waals surface area contributed by atoms with E-state index in [1.807, 2.05) is 4.90 Å². The van der Waals surface area contributed by atoms with Crippen LogP contribution in [0.25, 0.3) is 0 Å². The van der Waals surface area contributed by atoms with E-state index in [9.17, 15) is 9.59 Å². The van der Waals surface area contributed by atoms with Crippen molar-refractivity contribution in [3.63, 3.8) is 0 Å². The number of hydrogen-bond acceptors (Lipinski definition) is 2. The van der Waals surface area contributed by atoms with Crippen molar-refractivity contribution in [1.82, 2.24) is 10.2 Å². The van der Waals surface area contributed by atoms with Crippen molar-refractivity contribution in [3.8, 4) is 0 Å². The van der Waals surface area contributed by atoms with Crippen LogP contribution >= 0.6 is 0 Å². The summed E-state index contributed by atoms with van der Waals surface area (Å²) in [6.45, 7) is 7.93. The van der Waals surface area contributed by atoms with Gasteiger partial charge in [-0.05, 0) is 37.0 Å². The van der Waals surface area contributed by atoms with Crippen LogP contribution in [0.15, 0.2) is 0 Å². The van der Waals surface area contributed by atoms with Gasteiger partial charge in [-0.1, -0.05) is 33.6 Å². The second-order valence-corrected chi connectivity index (χ2v) is 7.41. The van der Waals surface area contributed by atoms with Crippen LogP contribution in [0.4, 0.5) is 0 Å². The van der Waals surface area contributed by atoms with E-state index in [4.69, 9.17) is 0 Å². The highest BCUT2D eigenvalue weighted by atomic mass is 16.2. The number of rotatable bonds is 4. The van der Waals surface area contributed by atoms with Crippen LogP contribution in [0.1, 0.15) is 59.3 Å². The lowest BCUT2D eigenvalue weighted by molar-refractivity contribution is -0.134. The Hall–Kier alpha value is -1.06. The summed E-state index contributed by atoms with van der Waals surface area (Å²) in [7, 11) is 0. The summed E-state index contributed by atoms with van der Waals surface area (Å²) < 4.78 is 0. The summed E-state index contributed by atoms with van der Waals surface area (Å²) >= 11 is 0. The Morgan fingerprint density at radius 2 is 1.86 bits per heavy atom. The predicted molar refractivity (Wildman–Crippen MR) is 83.7 cm³/mol. The van der Waals surface area contributed by atoms with Gasteiger partial charge >= 0.3 is 0 Å². The lowest BCUT2D eigenvalue weighted by Crippen LogP contribution is -2.46. The van der Waals surface area contributed by atoms with Crippen LogP contribution in [-0.4, -0.2) is 35.8 Å². The number of nitrogens with zero attached hydrogens (tertiary/aromatic N) is 1. The number of carbonyl (C=O) groups excluding carboxylic acids is 2. The van der Waals surface area contributed by atoms with Crippen molar-refractivity contribution in [3.05, 3.63) is 0 Å². The van der Waals surface area contributed by atoms with Gasteiger partial charge in [0, 0.05) is 19.5 Å². The molecule has 1 unspecified atom stereocenters. The van der Waals surface area contributed by atoms with Gasteiger partial charge in [0.05, 0.1) is 0 Å². The average molecular weight is 294 g/mol. The fourth-order valence-electron chi connectivity index (χ4n) is 3.53. The quantitative estimate of drug-likeness (QED) is 0.866. The molecule has 120 valence electrons. The molecule has 2 amide bonds. The van der Waals surface area contributed by atoms with Crippen molar-refractivity contribution < 1.29 is 9.59 Å². The van der Waals surface area contributed by atoms with Gasteiger partial charge in [-0.3, -0.25) is 9.59 Å². The summed E-state index contributed by atoms with van der Waals surface area (Å²) in [5, 5.41) is 2.90. The first kappa shape index (κ1) is 16.3. The summed E-state index contributed by atoms with van der Waals surface area (Å²) in [5.74, 6) is 2.02. The Morgan fingerprint density at radius 3 is 2.48 bits per heavy atom. The van der Waals surface area contributed by atoms with Gasteiger partial charge in [0.1, 0.15) is 6.04 Å². The summed E-state index contributed by atoms with van der Waals surface area (Å²) in [4.78, 5) is 26.4.